The van der Waals surface area contributed by atoms with Crippen molar-refractivity contribution in [2.24, 2.45) is 0 Å². The Morgan fingerprint density at radius 2 is 1.92 bits per heavy atom. The molecule has 0 aromatic heterocycles. The lowest BCUT2D eigenvalue weighted by Gasteiger charge is -2.22. The second-order valence-corrected chi connectivity index (χ2v) is 6.67. The topological polar surface area (TPSA) is 67.4 Å². The van der Waals surface area contributed by atoms with Crippen molar-refractivity contribution in [1.29, 1.82) is 0 Å². The van der Waals surface area contributed by atoms with Crippen LogP contribution in [0.25, 0.3) is 0 Å². The molecule has 2 N–H and O–H groups in total. The zero-order valence-electron chi connectivity index (χ0n) is 13.6. The molecule has 1 atom stereocenters. The average Bonchev–Trinajstić information content (AvgIpc) is 2.51. The molecule has 0 aliphatic carbocycles. The molecule has 0 fully saturated rings. The Kier molecular flexibility index (Phi) is 4.77. The summed E-state index contributed by atoms with van der Waals surface area (Å²) in [7, 11) is 0. The minimum absolute atomic E-state index is 0.0464. The average molecular weight is 344 g/mol. The minimum atomic E-state index is -4.47. The zero-order valence-corrected chi connectivity index (χ0v) is 13.6. The number of anilines is 1. The molecule has 1 aromatic carbocycles. The Morgan fingerprint density at radius 3 is 2.50 bits per heavy atom. The van der Waals surface area contributed by atoms with Gasteiger partial charge in [-0.2, -0.15) is 13.2 Å². The van der Waals surface area contributed by atoms with Crippen LogP contribution in [0.3, 0.4) is 0 Å². The fourth-order valence-corrected chi connectivity index (χ4v) is 2.40. The van der Waals surface area contributed by atoms with Crippen LogP contribution in [0.4, 0.5) is 23.7 Å². The van der Waals surface area contributed by atoms with Crippen LogP contribution in [0.2, 0.25) is 0 Å². The van der Waals surface area contributed by atoms with E-state index >= 15 is 0 Å². The predicted molar refractivity (Wildman–Crippen MR) is 81.6 cm³/mol. The van der Waals surface area contributed by atoms with Gasteiger partial charge in [0.2, 0.25) is 5.91 Å². The molecule has 2 amide bonds. The van der Waals surface area contributed by atoms with Crippen molar-refractivity contribution in [2.75, 3.05) is 5.32 Å². The van der Waals surface area contributed by atoms with Crippen molar-refractivity contribution >= 4 is 17.7 Å². The van der Waals surface area contributed by atoms with E-state index < -0.39 is 29.5 Å². The summed E-state index contributed by atoms with van der Waals surface area (Å²) in [6.45, 7) is 5.08. The van der Waals surface area contributed by atoms with Gasteiger partial charge in [-0.1, -0.05) is 0 Å². The first kappa shape index (κ1) is 18.1. The SMILES string of the molecule is CC(C)(C)OC(=O)NC1CC(=O)Nc2ccc(C(F)(F)F)cc2C1. The quantitative estimate of drug-likeness (QED) is 0.820. The molecule has 0 saturated carbocycles. The van der Waals surface area contributed by atoms with Crippen molar-refractivity contribution in [3.05, 3.63) is 29.3 Å². The third kappa shape index (κ3) is 4.87. The van der Waals surface area contributed by atoms with E-state index in [1.165, 1.54) is 6.07 Å². The van der Waals surface area contributed by atoms with Crippen molar-refractivity contribution in [3.63, 3.8) is 0 Å². The number of alkyl halides is 3. The molecule has 1 heterocycles. The van der Waals surface area contributed by atoms with Gasteiger partial charge in [-0.3, -0.25) is 4.79 Å². The number of ether oxygens (including phenoxy) is 1. The number of alkyl carbamates (subject to hydrolysis) is 1. The smallest absolute Gasteiger partial charge is 0.416 e. The molecule has 24 heavy (non-hydrogen) atoms. The van der Waals surface area contributed by atoms with Gasteiger partial charge in [-0.05, 0) is 51.0 Å². The molecule has 2 rings (SSSR count). The summed E-state index contributed by atoms with van der Waals surface area (Å²) < 4.78 is 43.7. The second-order valence-electron chi connectivity index (χ2n) is 6.67. The van der Waals surface area contributed by atoms with E-state index in [4.69, 9.17) is 4.74 Å². The van der Waals surface area contributed by atoms with E-state index in [0.29, 0.717) is 11.3 Å². The lowest BCUT2D eigenvalue weighted by Crippen LogP contribution is -2.41. The van der Waals surface area contributed by atoms with E-state index in [1.807, 2.05) is 0 Å². The summed E-state index contributed by atoms with van der Waals surface area (Å²) in [5.74, 6) is -0.380. The molecule has 8 heteroatoms. The van der Waals surface area contributed by atoms with Crippen LogP contribution in [0.15, 0.2) is 18.2 Å². The highest BCUT2D eigenvalue weighted by atomic mass is 19.4. The fraction of sp³-hybridized carbons (Fsp3) is 0.500. The number of hydrogen-bond acceptors (Lipinski definition) is 3. The van der Waals surface area contributed by atoms with Crippen molar-refractivity contribution in [3.8, 4) is 0 Å². The van der Waals surface area contributed by atoms with E-state index in [1.54, 1.807) is 20.8 Å². The lowest BCUT2D eigenvalue weighted by molar-refractivity contribution is -0.137. The number of hydrogen-bond donors (Lipinski definition) is 2. The van der Waals surface area contributed by atoms with Crippen LogP contribution in [-0.2, 0) is 22.1 Å². The largest absolute Gasteiger partial charge is 0.444 e. The molecular formula is C16H19F3N2O3. The maximum absolute atomic E-state index is 12.9. The normalized spacial score (nSPS) is 18.2. The van der Waals surface area contributed by atoms with Crippen LogP contribution in [0.1, 0.15) is 38.3 Å². The summed E-state index contributed by atoms with van der Waals surface area (Å²) >= 11 is 0. The van der Waals surface area contributed by atoms with Gasteiger partial charge in [-0.15, -0.1) is 0 Å². The van der Waals surface area contributed by atoms with Gasteiger partial charge in [0.25, 0.3) is 0 Å². The fourth-order valence-electron chi connectivity index (χ4n) is 2.40. The Labute approximate surface area is 137 Å². The third-order valence-corrected chi connectivity index (χ3v) is 3.33. The van der Waals surface area contributed by atoms with E-state index in [2.05, 4.69) is 10.6 Å². The first-order chi connectivity index (χ1) is 10.9. The van der Waals surface area contributed by atoms with Crippen LogP contribution in [0, 0.1) is 0 Å². The van der Waals surface area contributed by atoms with Gasteiger partial charge in [0.1, 0.15) is 5.60 Å². The van der Waals surface area contributed by atoms with Gasteiger partial charge in [-0.25, -0.2) is 4.79 Å². The highest BCUT2D eigenvalue weighted by Gasteiger charge is 2.32. The second kappa shape index (κ2) is 6.33. The van der Waals surface area contributed by atoms with E-state index in [9.17, 15) is 22.8 Å². The van der Waals surface area contributed by atoms with Crippen LogP contribution in [0.5, 0.6) is 0 Å². The maximum atomic E-state index is 12.9. The first-order valence-corrected chi connectivity index (χ1v) is 7.43. The first-order valence-electron chi connectivity index (χ1n) is 7.43. The number of fused-ring (bicyclic) bond motifs is 1. The third-order valence-electron chi connectivity index (χ3n) is 3.33. The van der Waals surface area contributed by atoms with Gasteiger partial charge < -0.3 is 15.4 Å². The molecule has 132 valence electrons. The monoisotopic (exact) mass is 344 g/mol. The molecule has 1 unspecified atom stereocenters. The molecule has 1 aliphatic heterocycles. The van der Waals surface area contributed by atoms with Gasteiger partial charge in [0.15, 0.2) is 0 Å². The van der Waals surface area contributed by atoms with Crippen LogP contribution >= 0.6 is 0 Å². The summed E-state index contributed by atoms with van der Waals surface area (Å²) in [6.07, 6.45) is -5.14. The molecule has 1 aliphatic rings. The molecule has 1 aromatic rings. The summed E-state index contributed by atoms with van der Waals surface area (Å²) in [4.78, 5) is 23.7. The summed E-state index contributed by atoms with van der Waals surface area (Å²) in [5.41, 5.74) is -0.870. The number of carbonyl (C=O) groups excluding carboxylic acids is 2. The Balaban J connectivity index is 2.20. The number of carbonyl (C=O) groups is 2. The molecule has 0 bridgehead atoms. The summed E-state index contributed by atoms with van der Waals surface area (Å²) in [5, 5.41) is 5.10. The van der Waals surface area contributed by atoms with E-state index in [0.717, 1.165) is 12.1 Å². The van der Waals surface area contributed by atoms with Gasteiger partial charge in [0.05, 0.1) is 5.56 Å². The highest BCUT2D eigenvalue weighted by Crippen LogP contribution is 2.33. The molecular weight excluding hydrogens is 325 g/mol. The lowest BCUT2D eigenvalue weighted by atomic mass is 10.0. The van der Waals surface area contributed by atoms with Crippen molar-refractivity contribution in [2.45, 2.75) is 51.4 Å². The van der Waals surface area contributed by atoms with Crippen molar-refractivity contribution < 1.29 is 27.5 Å². The van der Waals surface area contributed by atoms with E-state index in [-0.39, 0.29) is 18.7 Å². The van der Waals surface area contributed by atoms with Crippen molar-refractivity contribution in [1.82, 2.24) is 5.32 Å². The zero-order chi connectivity index (χ0) is 18.1. The number of rotatable bonds is 1. The molecule has 5 nitrogen and oxygen atoms in total. The maximum Gasteiger partial charge on any atom is 0.416 e. The van der Waals surface area contributed by atoms with Crippen LogP contribution in [-0.4, -0.2) is 23.6 Å². The van der Waals surface area contributed by atoms with Gasteiger partial charge >= 0.3 is 12.3 Å². The Morgan fingerprint density at radius 1 is 1.25 bits per heavy atom. The number of amides is 2. The summed E-state index contributed by atoms with van der Waals surface area (Å²) in [6, 6.07) is 2.49. The number of halogens is 3. The Bertz CT molecular complexity index is 651. The Hall–Kier alpha value is -2.25. The van der Waals surface area contributed by atoms with Gasteiger partial charge in [0, 0.05) is 18.2 Å². The highest BCUT2D eigenvalue weighted by molar-refractivity contribution is 5.93. The number of nitrogens with one attached hydrogen (secondary N) is 2. The molecule has 0 saturated heterocycles. The number of benzene rings is 1. The molecule has 0 radical (unpaired) electrons. The standard InChI is InChI=1S/C16H19F3N2O3/c1-15(2,3)24-14(23)20-11-7-9-6-10(16(17,18)19)4-5-12(9)21-13(22)8-11/h4-6,11H,7-8H2,1-3H3,(H,20,23)(H,21,22). The molecule has 0 spiro atoms. The van der Waals surface area contributed by atoms with Crippen LogP contribution < -0.4 is 10.6 Å². The minimum Gasteiger partial charge on any atom is -0.444 e. The predicted octanol–water partition coefficient (Wildman–Crippen LogP) is 3.48.